The number of hydrogen-bond donors (Lipinski definition) is 2. The highest BCUT2D eigenvalue weighted by Gasteiger charge is 2.45. The zero-order valence-electron chi connectivity index (χ0n) is 29.8. The van der Waals surface area contributed by atoms with Crippen LogP contribution in [-0.2, 0) is 9.13 Å². The van der Waals surface area contributed by atoms with E-state index >= 15 is 0 Å². The molecule has 6 heteroatoms. The normalized spacial score (nSPS) is 17.3. The first-order chi connectivity index (χ1) is 26.4. The van der Waals surface area contributed by atoms with Gasteiger partial charge in [-0.3, -0.25) is 9.13 Å². The van der Waals surface area contributed by atoms with E-state index in [2.05, 4.69) is 0 Å². The number of allylic oxidation sites excluding steroid dienone is 4. The third kappa shape index (κ3) is 6.57. The number of rotatable bonds is 6. The molecule has 54 heavy (non-hydrogen) atoms. The number of hydrogen-bond acceptors (Lipinski definition) is 2. The molecule has 0 aromatic heterocycles. The first-order valence-corrected chi connectivity index (χ1v) is 21.6. The van der Waals surface area contributed by atoms with E-state index in [1.807, 2.05) is 182 Å². The minimum Gasteiger partial charge on any atom is -0.338 e. The largest absolute Gasteiger partial charge is 0.338 e. The minimum atomic E-state index is -3.89. The van der Waals surface area contributed by atoms with Gasteiger partial charge in [0.25, 0.3) is 14.7 Å². The Balaban J connectivity index is 0.000000160. The van der Waals surface area contributed by atoms with Gasteiger partial charge in [0.2, 0.25) is 0 Å². The molecule has 0 atom stereocenters. The van der Waals surface area contributed by atoms with E-state index < -0.39 is 14.7 Å². The van der Waals surface area contributed by atoms with Crippen molar-refractivity contribution < 1.29 is 18.9 Å². The predicted molar refractivity (Wildman–Crippen MR) is 224 cm³/mol. The summed E-state index contributed by atoms with van der Waals surface area (Å²) in [5.41, 5.74) is 9.06. The van der Waals surface area contributed by atoms with Gasteiger partial charge >= 0.3 is 0 Å². The molecule has 9 rings (SSSR count). The Kier molecular flexibility index (Phi) is 10.0. The van der Waals surface area contributed by atoms with Crippen LogP contribution in [0, 0.1) is 0 Å². The van der Waals surface area contributed by atoms with Gasteiger partial charge in [-0.1, -0.05) is 182 Å². The highest BCUT2D eigenvalue weighted by molar-refractivity contribution is 7.80. The molecule has 1 fully saturated rings. The molecule has 4 nitrogen and oxygen atoms in total. The van der Waals surface area contributed by atoms with Gasteiger partial charge in [0.1, 0.15) is 0 Å². The van der Waals surface area contributed by atoms with E-state index in [0.29, 0.717) is 21.3 Å². The number of benzene rings is 6. The Morgan fingerprint density at radius 3 is 0.815 bits per heavy atom. The molecule has 6 aromatic rings. The van der Waals surface area contributed by atoms with Crippen molar-refractivity contribution in [3.63, 3.8) is 0 Å². The van der Waals surface area contributed by atoms with Crippen LogP contribution in [0.5, 0.6) is 0 Å². The van der Waals surface area contributed by atoms with Crippen molar-refractivity contribution in [3.05, 3.63) is 227 Å². The van der Waals surface area contributed by atoms with Crippen molar-refractivity contribution in [2.45, 2.75) is 25.7 Å². The van der Waals surface area contributed by atoms with E-state index in [9.17, 15) is 18.9 Å². The molecule has 6 aromatic carbocycles. The van der Waals surface area contributed by atoms with Crippen LogP contribution < -0.4 is 0 Å². The Bertz CT molecular complexity index is 2350. The van der Waals surface area contributed by atoms with Gasteiger partial charge in [-0.15, -0.1) is 0 Å². The summed E-state index contributed by atoms with van der Waals surface area (Å²) >= 11 is 0. The van der Waals surface area contributed by atoms with Gasteiger partial charge < -0.3 is 9.79 Å². The molecule has 2 heterocycles. The first-order valence-electron chi connectivity index (χ1n) is 18.3. The monoisotopic (exact) mass is 742 g/mol. The quantitative estimate of drug-likeness (QED) is 0.167. The average molecular weight is 743 g/mol. The standard InChI is InChI=1S/C28H21O2P.C20H19O2P/c29-31(30)27(23-17-9-3-10-18-23)25(21-13-5-1-6-14-21)26(22-15-7-2-8-16-22)28(31)24-19-11-4-12-20-24;21-23(22)19(15-9-3-1-4-10-15)17-13-7-8-14-18(17)20(23)16-11-5-2-6-12-16/h1-20H,(H,29,30);1-6,9-12H,7-8,13-14H2,(H,21,22). The van der Waals surface area contributed by atoms with E-state index in [0.717, 1.165) is 81.4 Å². The summed E-state index contributed by atoms with van der Waals surface area (Å²) in [5, 5.41) is 2.34. The fourth-order valence-electron chi connectivity index (χ4n) is 8.05. The molecule has 1 saturated carbocycles. The molecule has 3 aliphatic rings. The molecular weight excluding hydrogens is 702 g/mol. The zero-order valence-corrected chi connectivity index (χ0v) is 31.5. The Morgan fingerprint density at radius 2 is 0.537 bits per heavy atom. The van der Waals surface area contributed by atoms with Crippen LogP contribution in [0.3, 0.4) is 0 Å². The summed E-state index contributed by atoms with van der Waals surface area (Å²) in [5.74, 6) is 0. The van der Waals surface area contributed by atoms with Crippen LogP contribution >= 0.6 is 14.7 Å². The van der Waals surface area contributed by atoms with E-state index in [4.69, 9.17) is 0 Å². The summed E-state index contributed by atoms with van der Waals surface area (Å²) in [6.45, 7) is 0. The molecule has 0 spiro atoms. The average Bonchev–Trinajstić information content (AvgIpc) is 3.62. The van der Waals surface area contributed by atoms with E-state index in [1.165, 1.54) is 0 Å². The molecule has 2 N–H and O–H groups in total. The van der Waals surface area contributed by atoms with Crippen molar-refractivity contribution in [3.8, 4) is 0 Å². The van der Waals surface area contributed by atoms with Gasteiger partial charge in [-0.2, -0.15) is 0 Å². The molecule has 0 saturated heterocycles. The van der Waals surface area contributed by atoms with Gasteiger partial charge in [0.05, 0.1) is 21.3 Å². The molecule has 1 aliphatic carbocycles. The topological polar surface area (TPSA) is 74.6 Å². The van der Waals surface area contributed by atoms with Gasteiger partial charge in [-0.25, -0.2) is 0 Å². The highest BCUT2D eigenvalue weighted by Crippen LogP contribution is 2.75. The summed E-state index contributed by atoms with van der Waals surface area (Å²) in [4.78, 5) is 22.8. The second-order valence-electron chi connectivity index (χ2n) is 13.7. The van der Waals surface area contributed by atoms with Crippen LogP contribution in [-0.4, -0.2) is 9.79 Å². The maximum atomic E-state index is 14.3. The van der Waals surface area contributed by atoms with Crippen LogP contribution in [0.2, 0.25) is 0 Å². The van der Waals surface area contributed by atoms with Crippen molar-refractivity contribution in [2.24, 2.45) is 0 Å². The van der Waals surface area contributed by atoms with Crippen LogP contribution in [0.25, 0.3) is 32.4 Å². The third-order valence-corrected chi connectivity index (χ3v) is 14.7. The summed E-state index contributed by atoms with van der Waals surface area (Å²) in [7, 11) is -7.44. The smallest absolute Gasteiger partial charge is 0.261 e. The van der Waals surface area contributed by atoms with Crippen LogP contribution in [0.1, 0.15) is 59.1 Å². The molecule has 266 valence electrons. The lowest BCUT2D eigenvalue weighted by Crippen LogP contribution is -1.98. The van der Waals surface area contributed by atoms with E-state index in [-0.39, 0.29) is 0 Å². The molecule has 0 unspecified atom stereocenters. The Hall–Kier alpha value is -5.34. The van der Waals surface area contributed by atoms with Gasteiger partial charge in [-0.05, 0) is 70.2 Å². The van der Waals surface area contributed by atoms with Crippen molar-refractivity contribution in [2.75, 3.05) is 0 Å². The van der Waals surface area contributed by atoms with Crippen LogP contribution in [0.15, 0.2) is 193 Å². The van der Waals surface area contributed by atoms with Gasteiger partial charge in [0.15, 0.2) is 0 Å². The second kappa shape index (κ2) is 15.2. The van der Waals surface area contributed by atoms with Gasteiger partial charge in [0, 0.05) is 11.1 Å². The van der Waals surface area contributed by atoms with E-state index in [1.54, 1.807) is 0 Å². The fraction of sp³-hybridized carbons (Fsp3) is 0.0833. The zero-order chi connectivity index (χ0) is 37.1. The van der Waals surface area contributed by atoms with Crippen molar-refractivity contribution >= 4 is 47.1 Å². The lowest BCUT2D eigenvalue weighted by Gasteiger charge is -2.17. The lowest BCUT2D eigenvalue weighted by atomic mass is 9.87. The highest BCUT2D eigenvalue weighted by atomic mass is 31.2. The molecule has 2 aliphatic heterocycles. The summed E-state index contributed by atoms with van der Waals surface area (Å²) in [6.07, 6.45) is 4.00. The minimum absolute atomic E-state index is 0.497. The fourth-order valence-corrected chi connectivity index (χ4v) is 12.8. The summed E-state index contributed by atoms with van der Waals surface area (Å²) in [6, 6.07) is 58.4. The predicted octanol–water partition coefficient (Wildman–Crippen LogP) is 13.1. The lowest BCUT2D eigenvalue weighted by molar-refractivity contribution is 0.501. The van der Waals surface area contributed by atoms with Crippen molar-refractivity contribution in [1.29, 1.82) is 0 Å². The second-order valence-corrected chi connectivity index (χ2v) is 17.7. The molecule has 0 amide bonds. The van der Waals surface area contributed by atoms with Crippen molar-refractivity contribution in [1.82, 2.24) is 0 Å². The first kappa shape index (κ1) is 35.7. The Labute approximate surface area is 317 Å². The SMILES string of the molecule is O=P1(O)C(c2ccccc2)=C(c2ccccc2)C(c2ccccc2)=C1c1ccccc1.O=P1(O)C(c2ccccc2)=C2CCCCC2=C1c1ccccc1. The third-order valence-electron chi connectivity index (χ3n) is 10.3. The Morgan fingerprint density at radius 1 is 0.315 bits per heavy atom. The van der Waals surface area contributed by atoms with Crippen LogP contribution in [0.4, 0.5) is 0 Å². The molecular formula is C48H40O4P2. The number of fused-ring (bicyclic) bond motifs is 1. The summed E-state index contributed by atoms with van der Waals surface area (Å²) < 4.78 is 27.8. The molecule has 0 bridgehead atoms. The molecule has 0 radical (unpaired) electrons. The maximum absolute atomic E-state index is 14.3. The maximum Gasteiger partial charge on any atom is 0.261 e.